The number of hydrogen-bond acceptors (Lipinski definition) is 4. The van der Waals surface area contributed by atoms with Crippen LogP contribution in [0.25, 0.3) is 0 Å². The van der Waals surface area contributed by atoms with E-state index in [0.717, 1.165) is 70.1 Å². The number of carbonyl (C=O) groups excluding carboxylic acids is 1. The van der Waals surface area contributed by atoms with Crippen LogP contribution in [0.2, 0.25) is 0 Å². The van der Waals surface area contributed by atoms with Crippen LogP contribution in [0.15, 0.2) is 6.07 Å². The summed E-state index contributed by atoms with van der Waals surface area (Å²) in [5.74, 6) is 0.528. The van der Waals surface area contributed by atoms with E-state index in [1.165, 1.54) is 22.3 Å². The SMILES string of the molecule is CC1CCN(CS(=O)(=O)NC(=O)Nc2c3c(cc4c2CCC4)CCC3)CC1. The minimum absolute atomic E-state index is 0.113. The minimum atomic E-state index is -3.68. The molecule has 3 aliphatic rings. The van der Waals surface area contributed by atoms with Crippen LogP contribution in [0, 0.1) is 5.92 Å². The van der Waals surface area contributed by atoms with Crippen molar-refractivity contribution in [1.82, 2.24) is 9.62 Å². The van der Waals surface area contributed by atoms with Crippen LogP contribution in [0.4, 0.5) is 10.5 Å². The van der Waals surface area contributed by atoms with E-state index < -0.39 is 16.1 Å². The smallest absolute Gasteiger partial charge is 0.307 e. The summed E-state index contributed by atoms with van der Waals surface area (Å²) in [6, 6.07) is 1.66. The third kappa shape index (κ3) is 4.14. The molecule has 0 aromatic heterocycles. The first-order valence-electron chi connectivity index (χ1n) is 10.1. The molecule has 1 aliphatic heterocycles. The van der Waals surface area contributed by atoms with Crippen LogP contribution in [-0.4, -0.2) is 38.3 Å². The number of sulfonamides is 1. The van der Waals surface area contributed by atoms with Crippen molar-refractivity contribution in [2.75, 3.05) is 24.3 Å². The molecule has 0 unspecified atom stereocenters. The van der Waals surface area contributed by atoms with E-state index in [2.05, 4.69) is 23.0 Å². The molecule has 1 fully saturated rings. The van der Waals surface area contributed by atoms with Crippen molar-refractivity contribution in [2.24, 2.45) is 5.92 Å². The van der Waals surface area contributed by atoms with Gasteiger partial charge in [0, 0.05) is 5.69 Å². The highest BCUT2D eigenvalue weighted by atomic mass is 32.2. The van der Waals surface area contributed by atoms with Gasteiger partial charge in [-0.3, -0.25) is 4.90 Å². The van der Waals surface area contributed by atoms with Crippen molar-refractivity contribution in [3.8, 4) is 0 Å². The van der Waals surface area contributed by atoms with Gasteiger partial charge in [-0.2, -0.15) is 0 Å². The predicted octanol–water partition coefficient (Wildman–Crippen LogP) is 2.80. The van der Waals surface area contributed by atoms with Crippen molar-refractivity contribution < 1.29 is 13.2 Å². The number of anilines is 1. The third-order valence-electron chi connectivity index (χ3n) is 6.19. The average molecular weight is 392 g/mol. The molecule has 0 atom stereocenters. The molecule has 1 aromatic rings. The fourth-order valence-corrected chi connectivity index (χ4v) is 5.85. The first kappa shape index (κ1) is 18.7. The van der Waals surface area contributed by atoms with Crippen molar-refractivity contribution in [1.29, 1.82) is 0 Å². The van der Waals surface area contributed by atoms with E-state index in [-0.39, 0.29) is 5.88 Å². The first-order valence-corrected chi connectivity index (χ1v) is 11.8. The molecule has 1 heterocycles. The molecule has 2 N–H and O–H groups in total. The zero-order valence-corrected chi connectivity index (χ0v) is 16.8. The normalized spacial score (nSPS) is 20.3. The van der Waals surface area contributed by atoms with E-state index in [1.54, 1.807) is 0 Å². The summed E-state index contributed by atoms with van der Waals surface area (Å²) in [6.07, 6.45) is 8.21. The molecule has 0 bridgehead atoms. The van der Waals surface area contributed by atoms with E-state index >= 15 is 0 Å². The largest absolute Gasteiger partial charge is 0.332 e. The molecule has 1 aromatic carbocycles. The number of hydrogen-bond donors (Lipinski definition) is 2. The van der Waals surface area contributed by atoms with Gasteiger partial charge in [-0.05, 0) is 92.6 Å². The lowest BCUT2D eigenvalue weighted by Gasteiger charge is -2.29. The first-order chi connectivity index (χ1) is 12.9. The van der Waals surface area contributed by atoms with E-state index in [1.807, 2.05) is 4.90 Å². The summed E-state index contributed by atoms with van der Waals surface area (Å²) in [6.45, 7) is 3.72. The second-order valence-corrected chi connectivity index (χ2v) is 10.0. The van der Waals surface area contributed by atoms with Gasteiger partial charge in [0.05, 0.1) is 0 Å². The molecule has 2 amide bonds. The Labute approximate surface area is 161 Å². The summed E-state index contributed by atoms with van der Waals surface area (Å²) < 4.78 is 27.1. The molecule has 27 heavy (non-hydrogen) atoms. The Morgan fingerprint density at radius 3 is 2.26 bits per heavy atom. The zero-order chi connectivity index (χ0) is 19.0. The Kier molecular flexibility index (Phi) is 5.16. The van der Waals surface area contributed by atoms with Gasteiger partial charge < -0.3 is 5.32 Å². The number of likely N-dealkylation sites (tertiary alicyclic amines) is 1. The highest BCUT2D eigenvalue weighted by Gasteiger charge is 2.27. The molecule has 0 saturated carbocycles. The number of nitrogens with zero attached hydrogens (tertiary/aromatic N) is 1. The maximum absolute atomic E-state index is 12.5. The van der Waals surface area contributed by atoms with Gasteiger partial charge in [0.1, 0.15) is 5.88 Å². The van der Waals surface area contributed by atoms with E-state index in [4.69, 9.17) is 0 Å². The summed E-state index contributed by atoms with van der Waals surface area (Å²) in [5.41, 5.74) is 5.91. The predicted molar refractivity (Wildman–Crippen MR) is 106 cm³/mol. The molecule has 7 heteroatoms. The van der Waals surface area contributed by atoms with Crippen LogP contribution >= 0.6 is 0 Å². The van der Waals surface area contributed by atoms with Crippen molar-refractivity contribution in [3.05, 3.63) is 28.3 Å². The molecular weight excluding hydrogens is 362 g/mol. The molecule has 4 rings (SSSR count). The van der Waals surface area contributed by atoms with Gasteiger partial charge in [0.25, 0.3) is 0 Å². The van der Waals surface area contributed by atoms with Gasteiger partial charge in [-0.1, -0.05) is 13.0 Å². The Morgan fingerprint density at radius 2 is 1.67 bits per heavy atom. The monoisotopic (exact) mass is 391 g/mol. The number of fused-ring (bicyclic) bond motifs is 2. The average Bonchev–Trinajstić information content (AvgIpc) is 3.25. The lowest BCUT2D eigenvalue weighted by Crippen LogP contribution is -2.44. The summed E-state index contributed by atoms with van der Waals surface area (Å²) in [4.78, 5) is 14.4. The molecular formula is C20H29N3O3S. The van der Waals surface area contributed by atoms with Crippen LogP contribution in [0.1, 0.15) is 54.9 Å². The topological polar surface area (TPSA) is 78.5 Å². The van der Waals surface area contributed by atoms with E-state index in [9.17, 15) is 13.2 Å². The molecule has 6 nitrogen and oxygen atoms in total. The lowest BCUT2D eigenvalue weighted by atomic mass is 9.99. The number of urea groups is 1. The van der Waals surface area contributed by atoms with Crippen LogP contribution in [-0.2, 0) is 35.7 Å². The van der Waals surface area contributed by atoms with Gasteiger partial charge in [0.2, 0.25) is 10.0 Å². The number of benzene rings is 1. The Hall–Kier alpha value is -1.60. The fraction of sp³-hybridized carbons (Fsp3) is 0.650. The minimum Gasteiger partial charge on any atom is -0.307 e. The molecule has 1 saturated heterocycles. The maximum atomic E-state index is 12.5. The molecule has 0 radical (unpaired) electrons. The van der Waals surface area contributed by atoms with Crippen LogP contribution in [0.5, 0.6) is 0 Å². The van der Waals surface area contributed by atoms with Gasteiger partial charge >= 0.3 is 6.03 Å². The quantitative estimate of drug-likeness (QED) is 0.827. The van der Waals surface area contributed by atoms with Crippen LogP contribution < -0.4 is 10.0 Å². The number of amides is 2. The highest BCUT2D eigenvalue weighted by Crippen LogP contribution is 2.38. The number of aryl methyl sites for hydroxylation is 2. The van der Waals surface area contributed by atoms with E-state index in [0.29, 0.717) is 5.92 Å². The van der Waals surface area contributed by atoms with Gasteiger partial charge in [-0.15, -0.1) is 0 Å². The second-order valence-electron chi connectivity index (χ2n) is 8.33. The summed E-state index contributed by atoms with van der Waals surface area (Å²) in [7, 11) is -3.68. The summed E-state index contributed by atoms with van der Waals surface area (Å²) in [5, 5.41) is 2.90. The van der Waals surface area contributed by atoms with Crippen molar-refractivity contribution >= 4 is 21.7 Å². The highest BCUT2D eigenvalue weighted by molar-refractivity contribution is 7.89. The standard InChI is InChI=1S/C20H29N3O3S/c1-14-8-10-23(11-9-14)13-27(25,26)22-20(24)21-19-17-6-2-4-15(17)12-16-5-3-7-18(16)19/h12,14H,2-11,13H2,1H3,(H2,21,22,24). The Morgan fingerprint density at radius 1 is 1.07 bits per heavy atom. The second kappa shape index (κ2) is 7.43. The zero-order valence-electron chi connectivity index (χ0n) is 16.0. The van der Waals surface area contributed by atoms with Gasteiger partial charge in [-0.25, -0.2) is 17.9 Å². The number of piperidine rings is 1. The Balaban J connectivity index is 1.44. The number of nitrogens with one attached hydrogen (secondary N) is 2. The summed E-state index contributed by atoms with van der Waals surface area (Å²) >= 11 is 0. The molecule has 0 spiro atoms. The van der Waals surface area contributed by atoms with Crippen molar-refractivity contribution in [3.63, 3.8) is 0 Å². The molecule has 148 valence electrons. The fourth-order valence-electron chi connectivity index (χ4n) is 4.71. The lowest BCUT2D eigenvalue weighted by molar-refractivity contribution is 0.217. The van der Waals surface area contributed by atoms with Crippen LogP contribution in [0.3, 0.4) is 0 Å². The van der Waals surface area contributed by atoms with Gasteiger partial charge in [0.15, 0.2) is 0 Å². The third-order valence-corrected chi connectivity index (χ3v) is 7.39. The number of rotatable bonds is 4. The number of carbonyl (C=O) groups is 1. The maximum Gasteiger partial charge on any atom is 0.332 e. The molecule has 2 aliphatic carbocycles. The van der Waals surface area contributed by atoms with Crippen molar-refractivity contribution in [2.45, 2.75) is 58.3 Å². The Bertz CT molecular complexity index is 810.